The van der Waals surface area contributed by atoms with E-state index in [2.05, 4.69) is 11.7 Å². The molecule has 1 unspecified atom stereocenters. The van der Waals surface area contributed by atoms with Crippen LogP contribution in [0.1, 0.15) is 13.3 Å². The molecule has 1 saturated heterocycles. The van der Waals surface area contributed by atoms with Gasteiger partial charge in [0, 0.05) is 10.2 Å². The van der Waals surface area contributed by atoms with Crippen LogP contribution in [0.5, 0.6) is 0 Å². The van der Waals surface area contributed by atoms with E-state index in [0.717, 1.165) is 0 Å². The lowest BCUT2D eigenvalue weighted by Crippen LogP contribution is -1.86. The maximum atomic E-state index is 9.57. The van der Waals surface area contributed by atoms with Crippen molar-refractivity contribution >= 4 is 10.2 Å². The van der Waals surface area contributed by atoms with Crippen molar-refractivity contribution in [2.45, 2.75) is 25.5 Å². The van der Waals surface area contributed by atoms with Crippen molar-refractivity contribution in [1.29, 1.82) is 0 Å². The van der Waals surface area contributed by atoms with Gasteiger partial charge in [0.1, 0.15) is 12.7 Å². The van der Waals surface area contributed by atoms with Gasteiger partial charge in [-0.15, -0.1) is 0 Å². The minimum atomic E-state index is -0.0556. The molecule has 0 aromatic rings. The number of hydrogen-bond acceptors (Lipinski definition) is 1. The Morgan fingerprint density at radius 1 is 1.78 bits per heavy atom. The van der Waals surface area contributed by atoms with Gasteiger partial charge in [0.05, 0.1) is 6.61 Å². The predicted octanol–water partition coefficient (Wildman–Crippen LogP) is -0.00420. The lowest BCUT2D eigenvalue weighted by Gasteiger charge is -1.67. The molecule has 1 heterocycles. The van der Waals surface area contributed by atoms with Crippen molar-refractivity contribution in [2.75, 3.05) is 13.2 Å². The molecule has 0 spiro atoms. The summed E-state index contributed by atoms with van der Waals surface area (Å²) in [5.41, 5.74) is 0. The van der Waals surface area contributed by atoms with Gasteiger partial charge in [-0.3, -0.25) is 0 Å². The average molecular weight is 147 g/mol. The van der Waals surface area contributed by atoms with Gasteiger partial charge in [0.15, 0.2) is 0 Å². The summed E-state index contributed by atoms with van der Waals surface area (Å²) >= 11 is 0. The maximum absolute atomic E-state index is 9.57. The summed E-state index contributed by atoms with van der Waals surface area (Å²) < 4.78 is 4.55. The molecule has 1 fully saturated rings. The molecular formula is C6H15O2Si. The second-order valence-corrected chi connectivity index (χ2v) is 3.12. The molecule has 0 aliphatic carbocycles. The zero-order chi connectivity index (χ0) is 7.11. The van der Waals surface area contributed by atoms with E-state index in [1.807, 2.05) is 0 Å². The Bertz CT molecular complexity index is 53.0. The average Bonchev–Trinajstić information content (AvgIpc) is 2.70. The third-order valence-electron chi connectivity index (χ3n) is 1.09. The summed E-state index contributed by atoms with van der Waals surface area (Å²) in [7, 11) is 1.39. The highest BCUT2D eigenvalue weighted by molar-refractivity contribution is 6.08. The molecule has 0 amide bonds. The van der Waals surface area contributed by atoms with Crippen LogP contribution >= 0.6 is 0 Å². The van der Waals surface area contributed by atoms with Crippen LogP contribution in [0.15, 0.2) is 0 Å². The van der Waals surface area contributed by atoms with E-state index in [-0.39, 0.29) is 12.7 Å². The van der Waals surface area contributed by atoms with Crippen LogP contribution in [0.3, 0.4) is 0 Å². The smallest absolute Gasteiger partial charge is 0.111 e. The minimum Gasteiger partial charge on any atom is -0.370 e. The van der Waals surface area contributed by atoms with Gasteiger partial charge in [-0.05, 0) is 0 Å². The molecule has 0 N–H and O–H groups in total. The summed E-state index contributed by atoms with van der Waals surface area (Å²) in [5, 5.41) is 9.57. The third kappa shape index (κ3) is 8.14. The predicted molar refractivity (Wildman–Crippen MR) is 40.3 cm³/mol. The largest absolute Gasteiger partial charge is 0.370 e. The molecule has 0 aromatic carbocycles. The van der Waals surface area contributed by atoms with Gasteiger partial charge in [0.2, 0.25) is 0 Å². The van der Waals surface area contributed by atoms with Crippen LogP contribution in [0.4, 0.5) is 0 Å². The number of epoxide rings is 1. The lowest BCUT2D eigenvalue weighted by molar-refractivity contribution is 0.164. The molecule has 55 valence electrons. The van der Waals surface area contributed by atoms with Crippen LogP contribution in [0.25, 0.3) is 0 Å². The molecule has 1 rings (SSSR count). The van der Waals surface area contributed by atoms with Crippen molar-refractivity contribution < 1.29 is 9.84 Å². The quantitative estimate of drug-likeness (QED) is 0.399. The fourth-order valence-corrected chi connectivity index (χ4v) is 0.164. The monoisotopic (exact) mass is 147 g/mol. The second-order valence-electron chi connectivity index (χ2n) is 2.12. The van der Waals surface area contributed by atoms with Crippen LogP contribution in [0, 0.1) is 0 Å². The summed E-state index contributed by atoms with van der Waals surface area (Å²) in [6.07, 6.45) is 1.46. The topological polar surface area (TPSA) is 32.4 Å². The lowest BCUT2D eigenvalue weighted by atomic mass is 10.5. The van der Waals surface area contributed by atoms with E-state index in [1.165, 1.54) is 22.7 Å². The van der Waals surface area contributed by atoms with Crippen molar-refractivity contribution in [3.8, 4) is 0 Å². The highest BCUT2D eigenvalue weighted by Crippen LogP contribution is 2.05. The highest BCUT2D eigenvalue weighted by Gasteiger charge is 2.20. The third-order valence-corrected chi connectivity index (χ3v) is 2.09. The number of hydrogen-bond donors (Lipinski definition) is 0. The SMILES string of the molecule is CCC[SiH3].[O]CC1CO1. The minimum absolute atomic E-state index is 0.0556. The molecule has 1 atom stereocenters. The molecule has 3 heteroatoms. The summed E-state index contributed by atoms with van der Waals surface area (Å²) in [6, 6.07) is 1.46. The summed E-state index contributed by atoms with van der Waals surface area (Å²) in [5.74, 6) is 0. The summed E-state index contributed by atoms with van der Waals surface area (Å²) in [4.78, 5) is 0. The standard InChI is InChI=1S/C3H5O2.C3H10Si/c4-1-3-2-5-3;1-2-3-4/h3H,1-2H2;2-3H2,1,4H3. The van der Waals surface area contributed by atoms with Crippen molar-refractivity contribution in [1.82, 2.24) is 0 Å². The second kappa shape index (κ2) is 6.26. The van der Waals surface area contributed by atoms with E-state index < -0.39 is 0 Å². The van der Waals surface area contributed by atoms with Crippen LogP contribution in [-0.2, 0) is 9.84 Å². The Balaban J connectivity index is 0.000000148. The van der Waals surface area contributed by atoms with Crippen LogP contribution < -0.4 is 0 Å². The number of ether oxygens (including phenoxy) is 1. The molecule has 9 heavy (non-hydrogen) atoms. The molecule has 0 aromatic heterocycles. The van der Waals surface area contributed by atoms with Gasteiger partial charge < -0.3 is 4.74 Å². The first kappa shape index (κ1) is 9.14. The van der Waals surface area contributed by atoms with E-state index in [9.17, 15) is 5.11 Å². The van der Waals surface area contributed by atoms with Crippen LogP contribution in [0.2, 0.25) is 6.04 Å². The van der Waals surface area contributed by atoms with E-state index >= 15 is 0 Å². The zero-order valence-electron chi connectivity index (χ0n) is 6.22. The zero-order valence-corrected chi connectivity index (χ0v) is 8.22. The molecule has 0 bridgehead atoms. The van der Waals surface area contributed by atoms with Crippen molar-refractivity contribution in [3.63, 3.8) is 0 Å². The molecule has 1 aliphatic heterocycles. The van der Waals surface area contributed by atoms with E-state index in [0.29, 0.717) is 6.61 Å². The Kier molecular flexibility index (Phi) is 6.35. The van der Waals surface area contributed by atoms with Gasteiger partial charge in [-0.1, -0.05) is 19.4 Å². The van der Waals surface area contributed by atoms with Gasteiger partial charge in [-0.25, -0.2) is 5.11 Å². The van der Waals surface area contributed by atoms with Gasteiger partial charge >= 0.3 is 0 Å². The van der Waals surface area contributed by atoms with E-state index in [1.54, 1.807) is 0 Å². The molecular weight excluding hydrogens is 132 g/mol. The fourth-order valence-electron chi connectivity index (χ4n) is 0.164. The highest BCUT2D eigenvalue weighted by atomic mass is 28.1. The van der Waals surface area contributed by atoms with Crippen LogP contribution in [-0.4, -0.2) is 29.6 Å². The Morgan fingerprint density at radius 3 is 2.22 bits per heavy atom. The molecule has 1 radical (unpaired) electrons. The Labute approximate surface area is 59.6 Å². The molecule has 1 aliphatic rings. The Hall–Kier alpha value is 0.137. The summed E-state index contributed by atoms with van der Waals surface area (Å²) in [6.45, 7) is 2.86. The van der Waals surface area contributed by atoms with Gasteiger partial charge in [-0.2, -0.15) is 0 Å². The maximum Gasteiger partial charge on any atom is 0.111 e. The van der Waals surface area contributed by atoms with Gasteiger partial charge in [0.25, 0.3) is 0 Å². The normalized spacial score (nSPS) is 22.7. The Morgan fingerprint density at radius 2 is 2.22 bits per heavy atom. The van der Waals surface area contributed by atoms with Crippen molar-refractivity contribution in [3.05, 3.63) is 0 Å². The van der Waals surface area contributed by atoms with Crippen molar-refractivity contribution in [2.24, 2.45) is 0 Å². The fraction of sp³-hybridized carbons (Fsp3) is 1.00. The first-order valence-corrected chi connectivity index (χ1v) is 4.96. The first-order valence-electron chi connectivity index (χ1n) is 3.54. The van der Waals surface area contributed by atoms with E-state index in [4.69, 9.17) is 0 Å². The molecule has 0 saturated carbocycles. The first-order chi connectivity index (χ1) is 4.35. The molecule has 2 nitrogen and oxygen atoms in total. The number of rotatable bonds is 2.